The van der Waals surface area contributed by atoms with Crippen molar-refractivity contribution in [2.75, 3.05) is 0 Å². The van der Waals surface area contributed by atoms with Crippen LogP contribution in [0.5, 0.6) is 0 Å². The van der Waals surface area contributed by atoms with E-state index < -0.39 is 0 Å². The third kappa shape index (κ3) is 16.6. The van der Waals surface area contributed by atoms with Gasteiger partial charge in [-0.05, 0) is 32.6 Å². The number of H-pyrrole nitrogens is 1. The zero-order chi connectivity index (χ0) is 25.4. The van der Waals surface area contributed by atoms with Gasteiger partial charge in [0, 0.05) is 0 Å². The molecule has 1 rings (SSSR count). The van der Waals surface area contributed by atoms with E-state index >= 15 is 0 Å². The fourth-order valence-electron chi connectivity index (χ4n) is 5.72. The molecule has 0 aliphatic heterocycles. The highest BCUT2D eigenvalue weighted by Gasteiger charge is 2.25. The fourth-order valence-corrected chi connectivity index (χ4v) is 5.72. The molecule has 0 bridgehead atoms. The van der Waals surface area contributed by atoms with Crippen LogP contribution in [-0.4, -0.2) is 4.98 Å². The normalized spacial score (nSPS) is 13.4. The van der Waals surface area contributed by atoms with Crippen LogP contribution in [0.1, 0.15) is 200 Å². The molecule has 0 amide bonds. The Kier molecular flexibility index (Phi) is 21.7. The number of hydrogen-bond donors (Lipinski definition) is 1. The summed E-state index contributed by atoms with van der Waals surface area (Å²) in [4.78, 5) is 3.70. The third-order valence-electron chi connectivity index (χ3n) is 8.14. The minimum Gasteiger partial charge on any atom is -0.247 e. The first kappa shape index (κ1) is 32.2. The van der Waals surface area contributed by atoms with Gasteiger partial charge in [0.05, 0.1) is 12.0 Å². The van der Waals surface area contributed by atoms with Crippen molar-refractivity contribution in [3.05, 3.63) is 18.2 Å². The number of hydrogen-bond acceptors (Lipinski definition) is 0. The second-order valence-corrected chi connectivity index (χ2v) is 11.5. The van der Waals surface area contributed by atoms with Gasteiger partial charge in [0.1, 0.15) is 12.4 Å². The molecule has 0 radical (unpaired) electrons. The van der Waals surface area contributed by atoms with Crippen molar-refractivity contribution in [2.24, 2.45) is 0 Å². The maximum absolute atomic E-state index is 3.70. The summed E-state index contributed by atoms with van der Waals surface area (Å²) in [6, 6.07) is 0.623. The van der Waals surface area contributed by atoms with Gasteiger partial charge in [-0.2, -0.15) is 0 Å². The third-order valence-corrected chi connectivity index (χ3v) is 8.14. The van der Waals surface area contributed by atoms with Crippen molar-refractivity contribution < 1.29 is 4.57 Å². The van der Waals surface area contributed by atoms with Gasteiger partial charge in [0.2, 0.25) is 0 Å². The summed E-state index contributed by atoms with van der Waals surface area (Å²) in [5.41, 5.74) is 0. The van der Waals surface area contributed by atoms with E-state index in [9.17, 15) is 0 Å². The van der Waals surface area contributed by atoms with E-state index in [1.165, 1.54) is 160 Å². The summed E-state index contributed by atoms with van der Waals surface area (Å²) in [7, 11) is 0. The lowest BCUT2D eigenvalue weighted by molar-refractivity contribution is -0.727. The van der Waals surface area contributed by atoms with Gasteiger partial charge in [-0.15, -0.1) is 0 Å². The molecule has 0 aliphatic carbocycles. The van der Waals surface area contributed by atoms with Crippen LogP contribution in [0.25, 0.3) is 0 Å². The number of nitrogens with one attached hydrogen (secondary N) is 1. The van der Waals surface area contributed by atoms with Crippen LogP contribution in [0.4, 0.5) is 0 Å². The molecular formula is C33H65N2+. The zero-order valence-corrected chi connectivity index (χ0v) is 24.7. The molecule has 0 fully saturated rings. The van der Waals surface area contributed by atoms with Crippen molar-refractivity contribution in [2.45, 2.75) is 194 Å². The number of aromatic amines is 1. The lowest BCUT2D eigenvalue weighted by Crippen LogP contribution is -2.41. The van der Waals surface area contributed by atoms with Crippen LogP contribution in [0.2, 0.25) is 0 Å². The first-order valence-corrected chi connectivity index (χ1v) is 16.3. The summed E-state index contributed by atoms with van der Waals surface area (Å²) in [5.74, 6) is 2.24. The van der Waals surface area contributed by atoms with Gasteiger partial charge >= 0.3 is 0 Å². The van der Waals surface area contributed by atoms with Crippen molar-refractivity contribution >= 4 is 0 Å². The molecule has 2 nitrogen and oxygen atoms in total. The van der Waals surface area contributed by atoms with Crippen LogP contribution in [0.3, 0.4) is 0 Å². The van der Waals surface area contributed by atoms with Crippen molar-refractivity contribution in [1.82, 2.24) is 4.98 Å². The summed E-state index contributed by atoms with van der Waals surface area (Å²) in [6.07, 6.45) is 38.3. The fraction of sp³-hybridized carbons (Fsp3) is 0.909. The maximum atomic E-state index is 3.70. The Bertz CT molecular complexity index is 549. The molecule has 1 aromatic rings. The van der Waals surface area contributed by atoms with Gasteiger partial charge in [0.15, 0.2) is 0 Å². The summed E-state index contributed by atoms with van der Waals surface area (Å²) >= 11 is 0. The molecule has 0 aromatic carbocycles. The Morgan fingerprint density at radius 3 is 1.37 bits per heavy atom. The molecule has 2 atom stereocenters. The summed E-state index contributed by atoms with van der Waals surface area (Å²) in [5, 5.41) is 0. The van der Waals surface area contributed by atoms with Crippen molar-refractivity contribution in [3.63, 3.8) is 0 Å². The van der Waals surface area contributed by atoms with E-state index in [4.69, 9.17) is 0 Å². The lowest BCUT2D eigenvalue weighted by Gasteiger charge is -2.17. The second kappa shape index (κ2) is 23.6. The Morgan fingerprint density at radius 2 is 0.914 bits per heavy atom. The lowest BCUT2D eigenvalue weighted by atomic mass is 9.93. The minimum absolute atomic E-state index is 0.623. The van der Waals surface area contributed by atoms with Gasteiger partial charge in [-0.3, -0.25) is 0 Å². The van der Waals surface area contributed by atoms with Gasteiger partial charge in [-0.1, -0.05) is 149 Å². The molecule has 35 heavy (non-hydrogen) atoms. The highest BCUT2D eigenvalue weighted by molar-refractivity contribution is 4.90. The van der Waals surface area contributed by atoms with Gasteiger partial charge in [0.25, 0.3) is 5.82 Å². The van der Waals surface area contributed by atoms with Gasteiger partial charge < -0.3 is 0 Å². The van der Waals surface area contributed by atoms with E-state index in [0.717, 1.165) is 0 Å². The topological polar surface area (TPSA) is 19.7 Å². The maximum Gasteiger partial charge on any atom is 0.257 e. The van der Waals surface area contributed by atoms with Crippen molar-refractivity contribution in [3.8, 4) is 0 Å². The number of rotatable bonds is 26. The molecule has 1 aromatic heterocycles. The Labute approximate surface area is 221 Å². The Morgan fingerprint density at radius 1 is 0.543 bits per heavy atom. The SMILES string of the molecule is CCCCCCCCCCCCC(C)[n+]1cc[nH]c1C(CCCCCC)CCCCCCCCC. The highest BCUT2D eigenvalue weighted by atomic mass is 15.1. The van der Waals surface area contributed by atoms with Crippen LogP contribution in [0.15, 0.2) is 12.4 Å². The number of unbranched alkanes of at least 4 members (excludes halogenated alkanes) is 18. The highest BCUT2D eigenvalue weighted by Crippen LogP contribution is 2.27. The van der Waals surface area contributed by atoms with Crippen LogP contribution < -0.4 is 4.57 Å². The molecule has 2 heteroatoms. The average Bonchev–Trinajstić information content (AvgIpc) is 3.35. The Hall–Kier alpha value is -0.790. The first-order chi connectivity index (χ1) is 17.2. The van der Waals surface area contributed by atoms with E-state index in [0.29, 0.717) is 12.0 Å². The molecule has 0 saturated carbocycles. The molecule has 0 aliphatic rings. The monoisotopic (exact) mass is 490 g/mol. The number of aromatic nitrogens is 2. The molecule has 0 saturated heterocycles. The van der Waals surface area contributed by atoms with Crippen LogP contribution >= 0.6 is 0 Å². The summed E-state index contributed by atoms with van der Waals surface area (Å²) in [6.45, 7) is 9.39. The predicted molar refractivity (Wildman–Crippen MR) is 156 cm³/mol. The van der Waals surface area contributed by atoms with Gasteiger partial charge in [-0.25, -0.2) is 9.55 Å². The van der Waals surface area contributed by atoms with Crippen LogP contribution in [0, 0.1) is 0 Å². The number of nitrogens with zero attached hydrogens (tertiary/aromatic N) is 1. The van der Waals surface area contributed by atoms with E-state index in [2.05, 4.69) is 49.6 Å². The number of imidazole rings is 1. The molecule has 1 heterocycles. The average molecular weight is 490 g/mol. The zero-order valence-electron chi connectivity index (χ0n) is 24.7. The van der Waals surface area contributed by atoms with E-state index in [1.54, 1.807) is 0 Å². The summed E-state index contributed by atoms with van der Waals surface area (Å²) < 4.78 is 2.61. The molecule has 2 unspecified atom stereocenters. The quantitative estimate of drug-likeness (QED) is 0.0985. The molecule has 0 spiro atoms. The smallest absolute Gasteiger partial charge is 0.247 e. The van der Waals surface area contributed by atoms with Crippen LogP contribution in [-0.2, 0) is 0 Å². The molecule has 1 N–H and O–H groups in total. The first-order valence-electron chi connectivity index (χ1n) is 16.3. The standard InChI is InChI=1S/C33H64N2/c1-5-8-11-14-16-17-18-20-21-23-26-31(4)35-30-29-34-33(35)32(27-24-13-10-7-3)28-25-22-19-15-12-9-6-2/h29-32H,5-28H2,1-4H3/p+1. The van der Waals surface area contributed by atoms with Crippen molar-refractivity contribution in [1.29, 1.82) is 0 Å². The molecule has 206 valence electrons. The van der Waals surface area contributed by atoms with E-state index in [-0.39, 0.29) is 0 Å². The second-order valence-electron chi connectivity index (χ2n) is 11.5. The predicted octanol–water partition coefficient (Wildman–Crippen LogP) is 11.4. The van der Waals surface area contributed by atoms with E-state index in [1.807, 2.05) is 0 Å². The Balaban J connectivity index is 2.40. The minimum atomic E-state index is 0.623. The largest absolute Gasteiger partial charge is 0.257 e. The molecular weight excluding hydrogens is 424 g/mol.